The standard InChI is InChI=1S/C17H20N5O6P/c1-19-17-8-25-29(24,27-10-4-2-3-5-10)28-15(17)13(23)14(26-17)11-6-7-12-16(18)20-9-21-22(11)12/h6-7,9-10,13-15,23H,2-5,8H2,(H2,18,20,21)/t13-,14-,15-,17+,29?/m0/s1. The second-order valence-electron chi connectivity index (χ2n) is 7.44. The molecular weight excluding hydrogens is 401 g/mol. The average Bonchev–Trinajstić information content (AvgIpc) is 3.42. The fraction of sp³-hybridized carbons (Fsp3) is 0.588. The SMILES string of the molecule is [C-]#[N+][C@@]12COP(=O)(OC3CCCC3)O[C@H]1[C@@H](O)[C@H](c1ccc3c(N)ncnn13)O2. The fourth-order valence-corrected chi connectivity index (χ4v) is 5.82. The van der Waals surface area contributed by atoms with Gasteiger partial charge in [0.2, 0.25) is 6.10 Å². The van der Waals surface area contributed by atoms with Crippen LogP contribution in [0.4, 0.5) is 5.82 Å². The van der Waals surface area contributed by atoms with Crippen LogP contribution >= 0.6 is 7.82 Å². The maximum Gasteiger partial charge on any atom is 0.476 e. The Balaban J connectivity index is 1.46. The molecule has 5 atom stereocenters. The van der Waals surface area contributed by atoms with Crippen LogP contribution < -0.4 is 5.73 Å². The Bertz CT molecular complexity index is 1030. The van der Waals surface area contributed by atoms with Crippen LogP contribution in [0.3, 0.4) is 0 Å². The van der Waals surface area contributed by atoms with Gasteiger partial charge in [-0.25, -0.2) is 20.6 Å². The van der Waals surface area contributed by atoms with Gasteiger partial charge in [-0.1, -0.05) is 12.8 Å². The Hall–Kier alpha value is -2.06. The summed E-state index contributed by atoms with van der Waals surface area (Å²) in [6.45, 7) is 7.28. The van der Waals surface area contributed by atoms with E-state index in [9.17, 15) is 9.67 Å². The highest BCUT2D eigenvalue weighted by Gasteiger charge is 2.68. The predicted molar refractivity (Wildman–Crippen MR) is 98.3 cm³/mol. The maximum atomic E-state index is 13.0. The lowest BCUT2D eigenvalue weighted by atomic mass is 10.0. The third kappa shape index (κ3) is 2.95. The molecule has 1 aliphatic carbocycles. The zero-order chi connectivity index (χ0) is 20.2. The second-order valence-corrected chi connectivity index (χ2v) is 9.02. The number of fused-ring (bicyclic) bond motifs is 2. The zero-order valence-corrected chi connectivity index (χ0v) is 16.3. The molecule has 154 valence electrons. The van der Waals surface area contributed by atoms with E-state index in [-0.39, 0.29) is 18.5 Å². The highest BCUT2D eigenvalue weighted by Crippen LogP contribution is 2.61. The summed E-state index contributed by atoms with van der Waals surface area (Å²) in [6, 6.07) is 3.37. The van der Waals surface area contributed by atoms with Crippen molar-refractivity contribution in [3.05, 3.63) is 35.6 Å². The minimum absolute atomic E-state index is 0.217. The Kier molecular flexibility index (Phi) is 4.40. The number of ether oxygens (including phenoxy) is 1. The van der Waals surface area contributed by atoms with E-state index in [2.05, 4.69) is 14.9 Å². The molecule has 2 aliphatic heterocycles. The number of aliphatic hydroxyl groups is 1. The predicted octanol–water partition coefficient (Wildman–Crippen LogP) is 1.84. The van der Waals surface area contributed by atoms with Crippen molar-refractivity contribution in [1.29, 1.82) is 0 Å². The number of nitrogens with zero attached hydrogens (tertiary/aromatic N) is 4. The molecule has 11 nitrogen and oxygen atoms in total. The lowest BCUT2D eigenvalue weighted by molar-refractivity contribution is -0.113. The monoisotopic (exact) mass is 421 g/mol. The van der Waals surface area contributed by atoms with E-state index in [1.807, 2.05) is 0 Å². The van der Waals surface area contributed by atoms with E-state index < -0.39 is 31.9 Å². The summed E-state index contributed by atoms with van der Waals surface area (Å²) in [4.78, 5) is 7.45. The molecule has 2 aromatic heterocycles. The summed E-state index contributed by atoms with van der Waals surface area (Å²) in [5.41, 5.74) is 5.23. The normalized spacial score (nSPS) is 37.6. The van der Waals surface area contributed by atoms with E-state index in [1.54, 1.807) is 12.1 Å². The number of phosphoric acid groups is 1. The number of nitrogen functional groups attached to an aromatic ring is 1. The van der Waals surface area contributed by atoms with Gasteiger partial charge in [0, 0.05) is 0 Å². The number of phosphoric ester groups is 1. The molecular formula is C17H20N5O6P. The summed E-state index contributed by atoms with van der Waals surface area (Å²) >= 11 is 0. The van der Waals surface area contributed by atoms with E-state index >= 15 is 0 Å². The van der Waals surface area contributed by atoms with E-state index in [1.165, 1.54) is 10.8 Å². The molecule has 3 fully saturated rings. The van der Waals surface area contributed by atoms with Gasteiger partial charge in [0.1, 0.15) is 24.1 Å². The molecule has 5 rings (SSSR count). The summed E-state index contributed by atoms with van der Waals surface area (Å²) < 4.78 is 37.0. The summed E-state index contributed by atoms with van der Waals surface area (Å²) in [7, 11) is -3.92. The minimum atomic E-state index is -3.92. The molecule has 12 heteroatoms. The Labute approximate surface area is 166 Å². The third-order valence-corrected chi connectivity index (χ3v) is 7.13. The van der Waals surface area contributed by atoms with Gasteiger partial charge in [0.25, 0.3) is 0 Å². The van der Waals surface area contributed by atoms with Crippen molar-refractivity contribution < 1.29 is 28.0 Å². The quantitative estimate of drug-likeness (QED) is 0.562. The van der Waals surface area contributed by atoms with Crippen LogP contribution in [0.5, 0.6) is 0 Å². The number of rotatable bonds is 3. The molecule has 0 aromatic carbocycles. The minimum Gasteiger partial charge on any atom is -0.387 e. The third-order valence-electron chi connectivity index (χ3n) is 5.64. The fourth-order valence-electron chi connectivity index (χ4n) is 4.16. The number of aliphatic hydroxyl groups excluding tert-OH is 1. The summed E-state index contributed by atoms with van der Waals surface area (Å²) in [5, 5.41) is 15.1. The Morgan fingerprint density at radius 1 is 1.41 bits per heavy atom. The van der Waals surface area contributed by atoms with Crippen LogP contribution in [0.1, 0.15) is 37.5 Å². The Morgan fingerprint density at radius 3 is 2.97 bits per heavy atom. The van der Waals surface area contributed by atoms with Gasteiger partial charge in [0.15, 0.2) is 12.4 Å². The number of aromatic nitrogens is 3. The largest absolute Gasteiger partial charge is 0.476 e. The molecule has 3 aliphatic rings. The van der Waals surface area contributed by atoms with Gasteiger partial charge in [0.05, 0.1) is 11.8 Å². The van der Waals surface area contributed by atoms with Gasteiger partial charge >= 0.3 is 13.5 Å². The van der Waals surface area contributed by atoms with E-state index in [0.717, 1.165) is 25.7 Å². The van der Waals surface area contributed by atoms with Crippen LogP contribution in [0.25, 0.3) is 10.4 Å². The van der Waals surface area contributed by atoms with Crippen LogP contribution in [0.2, 0.25) is 0 Å². The number of hydrogen-bond donors (Lipinski definition) is 2. The molecule has 0 amide bonds. The topological polar surface area (TPSA) is 135 Å². The lowest BCUT2D eigenvalue weighted by Crippen LogP contribution is -2.48. The second kappa shape index (κ2) is 6.74. The molecule has 29 heavy (non-hydrogen) atoms. The molecule has 1 unspecified atom stereocenters. The van der Waals surface area contributed by atoms with Crippen molar-refractivity contribution in [1.82, 2.24) is 14.6 Å². The molecule has 0 radical (unpaired) electrons. The first-order valence-corrected chi connectivity index (χ1v) is 10.8. The molecule has 0 bridgehead atoms. The van der Waals surface area contributed by atoms with E-state index in [0.29, 0.717) is 11.2 Å². The molecule has 0 spiro atoms. The molecule has 2 saturated heterocycles. The van der Waals surface area contributed by atoms with Crippen molar-refractivity contribution in [2.24, 2.45) is 0 Å². The number of hydrogen-bond acceptors (Lipinski definition) is 9. The van der Waals surface area contributed by atoms with Crippen molar-refractivity contribution in [3.8, 4) is 0 Å². The van der Waals surface area contributed by atoms with Gasteiger partial charge in [-0.15, -0.1) is 0 Å². The van der Waals surface area contributed by atoms with Crippen LogP contribution in [0.15, 0.2) is 18.5 Å². The molecule has 1 saturated carbocycles. The number of nitrogens with two attached hydrogens (primary N) is 1. The maximum absolute atomic E-state index is 13.0. The highest BCUT2D eigenvalue weighted by molar-refractivity contribution is 7.48. The summed E-state index contributed by atoms with van der Waals surface area (Å²) in [5.74, 6) is 0.269. The van der Waals surface area contributed by atoms with Crippen LogP contribution in [-0.4, -0.2) is 50.3 Å². The van der Waals surface area contributed by atoms with Gasteiger partial charge in [-0.2, -0.15) is 5.10 Å². The average molecular weight is 421 g/mol. The highest BCUT2D eigenvalue weighted by atomic mass is 31.2. The number of anilines is 1. The molecule has 3 N–H and O–H groups in total. The zero-order valence-electron chi connectivity index (χ0n) is 15.4. The van der Waals surface area contributed by atoms with Crippen LogP contribution in [-0.2, 0) is 22.9 Å². The van der Waals surface area contributed by atoms with Crippen molar-refractivity contribution in [2.45, 2.75) is 55.8 Å². The first kappa shape index (κ1) is 18.9. The molecule has 2 aromatic rings. The van der Waals surface area contributed by atoms with Gasteiger partial charge in [-0.05, 0) is 25.0 Å². The van der Waals surface area contributed by atoms with Gasteiger partial charge < -0.3 is 10.8 Å². The summed E-state index contributed by atoms with van der Waals surface area (Å²) in [6.07, 6.45) is 1.13. The van der Waals surface area contributed by atoms with Gasteiger partial charge in [-0.3, -0.25) is 23.2 Å². The van der Waals surface area contributed by atoms with Crippen molar-refractivity contribution in [2.75, 3.05) is 12.3 Å². The first-order chi connectivity index (χ1) is 13.9. The molecule has 4 heterocycles. The van der Waals surface area contributed by atoms with Crippen molar-refractivity contribution >= 4 is 19.2 Å². The van der Waals surface area contributed by atoms with Crippen molar-refractivity contribution in [3.63, 3.8) is 0 Å². The first-order valence-electron chi connectivity index (χ1n) is 9.39. The Morgan fingerprint density at radius 2 is 2.21 bits per heavy atom. The van der Waals surface area contributed by atoms with Crippen LogP contribution in [0, 0.1) is 6.57 Å². The lowest BCUT2D eigenvalue weighted by Gasteiger charge is -2.33. The van der Waals surface area contributed by atoms with E-state index in [4.69, 9.17) is 30.6 Å². The smallest absolute Gasteiger partial charge is 0.387 e.